The van der Waals surface area contributed by atoms with Gasteiger partial charge in [-0.3, -0.25) is 4.57 Å². The third-order valence-corrected chi connectivity index (χ3v) is 2.57. The van der Waals surface area contributed by atoms with Gasteiger partial charge in [0.05, 0.1) is 0 Å². The summed E-state index contributed by atoms with van der Waals surface area (Å²) in [5, 5.41) is 19.6. The Bertz CT molecular complexity index is 285. The smallest absolute Gasteiger partial charge is 0.209 e. The second-order valence-corrected chi connectivity index (χ2v) is 4.46. The van der Waals surface area contributed by atoms with E-state index >= 15 is 0 Å². The first-order valence-corrected chi connectivity index (χ1v) is 6.66. The number of hydrogen-bond donors (Lipinski definition) is 2. The summed E-state index contributed by atoms with van der Waals surface area (Å²) in [6.07, 6.45) is 1.68. The van der Waals surface area contributed by atoms with Gasteiger partial charge >= 0.3 is 0 Å². The van der Waals surface area contributed by atoms with Crippen LogP contribution >= 0.6 is 31.2 Å². The molecule has 0 bridgehead atoms. The Labute approximate surface area is 80.6 Å². The van der Waals surface area contributed by atoms with Crippen molar-refractivity contribution >= 4 is 31.2 Å². The molecule has 1 N–H and O–H groups in total. The van der Waals surface area contributed by atoms with Crippen LogP contribution in [-0.2, 0) is 4.57 Å². The summed E-state index contributed by atoms with van der Waals surface area (Å²) in [7, 11) is -2.20. The zero-order valence-corrected chi connectivity index (χ0v) is 8.87. The molecule has 0 aromatic carbocycles. The van der Waals surface area contributed by atoms with Gasteiger partial charge in [-0.05, 0) is 6.26 Å². The fraction of sp³-hybridized carbons (Fsp3) is 0.200. The Morgan fingerprint density at radius 1 is 1.58 bits per heavy atom. The van der Waals surface area contributed by atoms with Crippen LogP contribution < -0.4 is 5.09 Å². The highest BCUT2D eigenvalue weighted by Gasteiger charge is 2.04. The molecule has 64 valence electrons. The van der Waals surface area contributed by atoms with E-state index in [2.05, 4.69) is 17.3 Å². The molecule has 0 heterocycles. The van der Waals surface area contributed by atoms with Crippen molar-refractivity contribution in [1.29, 1.82) is 10.5 Å². The highest BCUT2D eigenvalue weighted by Crippen LogP contribution is 2.26. The van der Waals surface area contributed by atoms with Gasteiger partial charge in [0.1, 0.15) is 17.2 Å². The number of nitriles is 2. The lowest BCUT2D eigenvalue weighted by Crippen LogP contribution is -1.99. The van der Waals surface area contributed by atoms with Gasteiger partial charge in [-0.1, -0.05) is 12.2 Å². The van der Waals surface area contributed by atoms with E-state index in [4.69, 9.17) is 10.5 Å². The van der Waals surface area contributed by atoms with Crippen molar-refractivity contribution in [2.75, 3.05) is 6.26 Å². The van der Waals surface area contributed by atoms with E-state index in [0.717, 1.165) is 11.8 Å². The molecule has 0 aliphatic heterocycles. The highest BCUT2D eigenvalue weighted by molar-refractivity contribution is 8.40. The maximum atomic E-state index is 10.6. The molecule has 0 aromatic heterocycles. The third-order valence-electron chi connectivity index (χ3n) is 0.875. The van der Waals surface area contributed by atoms with Crippen molar-refractivity contribution < 1.29 is 4.57 Å². The van der Waals surface area contributed by atoms with Gasteiger partial charge in [-0.2, -0.15) is 10.5 Å². The largest absolute Gasteiger partial charge is 0.324 e. The number of thiol groups is 1. The highest BCUT2D eigenvalue weighted by atomic mass is 32.7. The van der Waals surface area contributed by atoms with Crippen molar-refractivity contribution in [1.82, 2.24) is 5.09 Å². The number of rotatable bonds is 3. The molecule has 4 nitrogen and oxygen atoms in total. The minimum absolute atomic E-state index is 0.0742. The molecule has 0 saturated carbocycles. The summed E-state index contributed by atoms with van der Waals surface area (Å²) in [6, 6.07) is 3.37. The van der Waals surface area contributed by atoms with Crippen LogP contribution in [0, 0.1) is 22.7 Å². The van der Waals surface area contributed by atoms with Crippen LogP contribution in [-0.4, -0.2) is 6.26 Å². The lowest BCUT2D eigenvalue weighted by atomic mass is 10.4. The van der Waals surface area contributed by atoms with Crippen LogP contribution in [0.5, 0.6) is 0 Å². The van der Waals surface area contributed by atoms with Gasteiger partial charge < -0.3 is 5.09 Å². The maximum absolute atomic E-state index is 10.6. The Balaban J connectivity index is 4.76. The Morgan fingerprint density at radius 2 is 2.08 bits per heavy atom. The van der Waals surface area contributed by atoms with E-state index in [-0.39, 0.29) is 5.57 Å². The predicted molar refractivity (Wildman–Crippen MR) is 52.9 cm³/mol. The van der Waals surface area contributed by atoms with E-state index in [1.54, 1.807) is 18.4 Å². The van der Waals surface area contributed by atoms with E-state index in [1.807, 2.05) is 0 Å². The summed E-state index contributed by atoms with van der Waals surface area (Å²) >= 11 is 4.79. The summed E-state index contributed by atoms with van der Waals surface area (Å²) in [6.45, 7) is 0. The summed E-state index contributed by atoms with van der Waals surface area (Å²) in [4.78, 5) is 0. The number of nitrogens with zero attached hydrogens (tertiary/aromatic N) is 2. The third kappa shape index (κ3) is 3.73. The molecule has 0 aromatic rings. The zero-order valence-electron chi connectivity index (χ0n) is 6.16. The van der Waals surface area contributed by atoms with Gasteiger partial charge in [-0.15, -0.1) is 11.8 Å². The quantitative estimate of drug-likeness (QED) is 0.427. The number of allylic oxidation sites excluding steroid dienone is 1. The predicted octanol–water partition coefficient (Wildman–Crippen LogP) is 1.52. The standard InChI is InChI=1S/C5H6N3OPS2/c1-12-5(8-10(9)11)4(2-6)3-7/h10H,1H3,(H2,8,9,11). The van der Waals surface area contributed by atoms with Crippen LogP contribution in [0.4, 0.5) is 0 Å². The van der Waals surface area contributed by atoms with Gasteiger partial charge in [0, 0.05) is 0 Å². The van der Waals surface area contributed by atoms with Crippen molar-refractivity contribution in [3.63, 3.8) is 0 Å². The Kier molecular flexibility index (Phi) is 5.74. The number of nitrogens with one attached hydrogen (secondary N) is 1. The molecule has 7 heteroatoms. The monoisotopic (exact) mass is 219 g/mol. The molecular formula is C5H6N3OPS2. The molecule has 0 aliphatic rings. The average Bonchev–Trinajstić information content (AvgIpc) is 2.04. The average molecular weight is 219 g/mol. The normalized spacial score (nSPS) is 10.7. The molecule has 0 fully saturated rings. The van der Waals surface area contributed by atoms with Crippen molar-refractivity contribution in [2.45, 2.75) is 0 Å². The van der Waals surface area contributed by atoms with E-state index in [9.17, 15) is 4.57 Å². The summed E-state index contributed by atoms with van der Waals surface area (Å²) in [5.74, 6) is 0. The van der Waals surface area contributed by atoms with Gasteiger partial charge in [0.25, 0.3) is 0 Å². The van der Waals surface area contributed by atoms with E-state index in [1.165, 1.54) is 0 Å². The Hall–Kier alpha value is -0.550. The fourth-order valence-electron chi connectivity index (χ4n) is 0.439. The molecule has 1 atom stereocenters. The van der Waals surface area contributed by atoms with Gasteiger partial charge in [-0.25, -0.2) is 0 Å². The number of hydrogen-bond acceptors (Lipinski definition) is 4. The lowest BCUT2D eigenvalue weighted by Gasteiger charge is -2.03. The molecule has 0 amide bonds. The van der Waals surface area contributed by atoms with Crippen LogP contribution in [0.3, 0.4) is 0 Å². The first kappa shape index (κ1) is 11.4. The minimum atomic E-state index is -2.20. The lowest BCUT2D eigenvalue weighted by molar-refractivity contribution is 0.593. The zero-order chi connectivity index (χ0) is 9.56. The van der Waals surface area contributed by atoms with Crippen LogP contribution in [0.2, 0.25) is 0 Å². The second kappa shape index (κ2) is 6.02. The van der Waals surface area contributed by atoms with Gasteiger partial charge in [0.2, 0.25) is 7.15 Å². The SMILES string of the molecule is CSC(N[PH](=O)S)=C(C#N)C#N. The molecule has 0 aliphatic carbocycles. The molecule has 0 radical (unpaired) electrons. The van der Waals surface area contributed by atoms with Crippen LogP contribution in [0.1, 0.15) is 0 Å². The topological polar surface area (TPSA) is 76.7 Å². The minimum Gasteiger partial charge on any atom is -0.324 e. The molecule has 1 unspecified atom stereocenters. The molecule has 0 spiro atoms. The van der Waals surface area contributed by atoms with Crippen LogP contribution in [0.25, 0.3) is 0 Å². The summed E-state index contributed by atoms with van der Waals surface area (Å²) < 4.78 is 10.6. The summed E-state index contributed by atoms with van der Waals surface area (Å²) in [5.41, 5.74) is -0.0742. The van der Waals surface area contributed by atoms with Crippen molar-refractivity contribution in [3.05, 3.63) is 10.6 Å². The first-order chi connectivity index (χ1) is 5.65. The second-order valence-electron chi connectivity index (χ2n) is 1.56. The first-order valence-electron chi connectivity index (χ1n) is 2.74. The van der Waals surface area contributed by atoms with Gasteiger partial charge in [0.15, 0.2) is 5.57 Å². The maximum Gasteiger partial charge on any atom is 0.209 e. The fourth-order valence-corrected chi connectivity index (χ4v) is 2.30. The van der Waals surface area contributed by atoms with E-state index in [0.29, 0.717) is 5.03 Å². The molecule has 12 heavy (non-hydrogen) atoms. The molecular weight excluding hydrogens is 213 g/mol. The van der Waals surface area contributed by atoms with Crippen molar-refractivity contribution in [3.8, 4) is 12.1 Å². The Morgan fingerprint density at radius 3 is 2.33 bits per heavy atom. The van der Waals surface area contributed by atoms with Crippen molar-refractivity contribution in [2.24, 2.45) is 0 Å². The van der Waals surface area contributed by atoms with Crippen LogP contribution in [0.15, 0.2) is 10.6 Å². The molecule has 0 rings (SSSR count). The number of thioether (sulfide) groups is 1. The molecule has 0 saturated heterocycles. The van der Waals surface area contributed by atoms with E-state index < -0.39 is 7.15 Å².